The Morgan fingerprint density at radius 3 is 2.33 bits per heavy atom. The summed E-state index contributed by atoms with van der Waals surface area (Å²) in [5.74, 6) is -1.43. The van der Waals surface area contributed by atoms with Crippen molar-refractivity contribution in [2.75, 3.05) is 19.0 Å². The summed E-state index contributed by atoms with van der Waals surface area (Å²) >= 11 is 0. The molecule has 0 saturated heterocycles. The smallest absolute Gasteiger partial charge is 0.338 e. The van der Waals surface area contributed by atoms with Crippen molar-refractivity contribution in [3.05, 3.63) is 59.2 Å². The average molecular weight is 410 g/mol. The molecule has 0 saturated carbocycles. The van der Waals surface area contributed by atoms with Gasteiger partial charge in [0, 0.05) is 11.7 Å². The Balaban J connectivity index is 1.63. The van der Waals surface area contributed by atoms with Crippen LogP contribution in [0.15, 0.2) is 42.5 Å². The number of hydrogen-bond acceptors (Lipinski definition) is 6. The molecule has 0 unspecified atom stereocenters. The Labute approximate surface area is 173 Å². The second-order valence-electron chi connectivity index (χ2n) is 6.85. The van der Waals surface area contributed by atoms with Crippen LogP contribution in [0.4, 0.5) is 5.69 Å². The van der Waals surface area contributed by atoms with Crippen LogP contribution in [0, 0.1) is 0 Å². The zero-order chi connectivity index (χ0) is 21.8. The zero-order valence-corrected chi connectivity index (χ0v) is 16.9. The number of ether oxygens (including phenoxy) is 2. The lowest BCUT2D eigenvalue weighted by molar-refractivity contribution is -0.119. The number of carbonyl (C=O) groups excluding carboxylic acids is 4. The number of carbonyl (C=O) groups is 4. The van der Waals surface area contributed by atoms with E-state index < -0.39 is 24.4 Å². The summed E-state index contributed by atoms with van der Waals surface area (Å²) < 4.78 is 10.1. The predicted octanol–water partition coefficient (Wildman–Crippen LogP) is 2.89. The number of fused-ring (bicyclic) bond motifs is 1. The molecule has 0 spiro atoms. The minimum absolute atomic E-state index is 0.0955. The SMILES string of the molecule is CC[C@H](C)N1C(=O)c2ccc(C(=O)OCC(=O)Nc3ccc(OC)cc3)cc2C1=O. The fourth-order valence-corrected chi connectivity index (χ4v) is 3.06. The highest BCUT2D eigenvalue weighted by atomic mass is 16.5. The molecule has 2 aromatic rings. The zero-order valence-electron chi connectivity index (χ0n) is 16.9. The maximum atomic E-state index is 12.6. The molecule has 2 aromatic carbocycles. The molecule has 8 heteroatoms. The summed E-state index contributed by atoms with van der Waals surface area (Å²) in [5.41, 5.74) is 1.05. The van der Waals surface area contributed by atoms with Crippen LogP contribution >= 0.6 is 0 Å². The first-order chi connectivity index (χ1) is 14.3. The Kier molecular flexibility index (Phi) is 6.15. The Hall–Kier alpha value is -3.68. The molecule has 1 aliphatic heterocycles. The van der Waals surface area contributed by atoms with Crippen molar-refractivity contribution in [3.8, 4) is 5.75 Å². The molecule has 0 aromatic heterocycles. The lowest BCUT2D eigenvalue weighted by Crippen LogP contribution is -2.37. The van der Waals surface area contributed by atoms with Crippen LogP contribution in [0.3, 0.4) is 0 Å². The van der Waals surface area contributed by atoms with E-state index in [-0.39, 0.29) is 28.6 Å². The molecular formula is C22H22N2O6. The third kappa shape index (κ3) is 4.17. The van der Waals surface area contributed by atoms with Gasteiger partial charge in [-0.2, -0.15) is 0 Å². The van der Waals surface area contributed by atoms with E-state index in [1.807, 2.05) is 6.92 Å². The monoisotopic (exact) mass is 410 g/mol. The van der Waals surface area contributed by atoms with Gasteiger partial charge < -0.3 is 14.8 Å². The van der Waals surface area contributed by atoms with E-state index in [1.54, 1.807) is 31.2 Å². The highest BCUT2D eigenvalue weighted by Crippen LogP contribution is 2.27. The van der Waals surface area contributed by atoms with Crippen molar-refractivity contribution in [3.63, 3.8) is 0 Å². The molecule has 0 bridgehead atoms. The summed E-state index contributed by atoms with van der Waals surface area (Å²) in [6, 6.07) is 10.6. The average Bonchev–Trinajstić information content (AvgIpc) is 3.01. The van der Waals surface area contributed by atoms with Crippen LogP contribution in [0.5, 0.6) is 5.75 Å². The van der Waals surface area contributed by atoms with Crippen molar-refractivity contribution in [1.82, 2.24) is 4.90 Å². The van der Waals surface area contributed by atoms with Crippen LogP contribution in [-0.2, 0) is 9.53 Å². The molecule has 156 valence electrons. The number of amides is 3. The number of anilines is 1. The number of nitrogens with zero attached hydrogens (tertiary/aromatic N) is 1. The van der Waals surface area contributed by atoms with Crippen molar-refractivity contribution in [1.29, 1.82) is 0 Å². The van der Waals surface area contributed by atoms with Gasteiger partial charge in [-0.1, -0.05) is 6.92 Å². The van der Waals surface area contributed by atoms with Crippen LogP contribution < -0.4 is 10.1 Å². The van der Waals surface area contributed by atoms with Gasteiger partial charge in [-0.3, -0.25) is 19.3 Å². The molecule has 30 heavy (non-hydrogen) atoms. The van der Waals surface area contributed by atoms with Gasteiger partial charge in [0.1, 0.15) is 5.75 Å². The van der Waals surface area contributed by atoms with E-state index in [4.69, 9.17) is 9.47 Å². The molecule has 1 atom stereocenters. The summed E-state index contributed by atoms with van der Waals surface area (Å²) in [5, 5.41) is 2.60. The molecule has 0 fully saturated rings. The number of nitrogens with one attached hydrogen (secondary N) is 1. The van der Waals surface area contributed by atoms with E-state index in [1.165, 1.54) is 30.2 Å². The Bertz CT molecular complexity index is 999. The molecule has 0 radical (unpaired) electrons. The summed E-state index contributed by atoms with van der Waals surface area (Å²) in [7, 11) is 1.54. The Morgan fingerprint density at radius 2 is 1.70 bits per heavy atom. The third-order valence-corrected chi connectivity index (χ3v) is 4.89. The predicted molar refractivity (Wildman–Crippen MR) is 109 cm³/mol. The minimum Gasteiger partial charge on any atom is -0.497 e. The first-order valence-electron chi connectivity index (χ1n) is 9.48. The standard InChI is InChI=1S/C22H22N2O6/c1-4-13(2)24-20(26)17-10-5-14(11-18(17)21(24)27)22(28)30-12-19(25)23-15-6-8-16(29-3)9-7-15/h5-11,13H,4,12H2,1-3H3,(H,23,25)/t13-/m0/s1. The van der Waals surface area contributed by atoms with E-state index in [0.29, 0.717) is 17.9 Å². The van der Waals surface area contributed by atoms with Gasteiger partial charge in [-0.25, -0.2) is 4.79 Å². The molecule has 1 aliphatic rings. The fourth-order valence-electron chi connectivity index (χ4n) is 3.06. The molecule has 0 aliphatic carbocycles. The number of rotatable bonds is 7. The van der Waals surface area contributed by atoms with E-state index in [0.717, 1.165) is 0 Å². The summed E-state index contributed by atoms with van der Waals surface area (Å²) in [6.45, 7) is 3.18. The van der Waals surface area contributed by atoms with Gasteiger partial charge in [0.2, 0.25) is 0 Å². The van der Waals surface area contributed by atoms with Crippen LogP contribution in [-0.4, -0.2) is 48.3 Å². The van der Waals surface area contributed by atoms with Gasteiger partial charge in [0.25, 0.3) is 17.7 Å². The van der Waals surface area contributed by atoms with Gasteiger partial charge in [0.15, 0.2) is 6.61 Å². The third-order valence-electron chi connectivity index (χ3n) is 4.89. The number of esters is 1. The van der Waals surface area contributed by atoms with Crippen molar-refractivity contribution >= 4 is 29.4 Å². The van der Waals surface area contributed by atoms with Crippen molar-refractivity contribution in [2.24, 2.45) is 0 Å². The van der Waals surface area contributed by atoms with E-state index in [2.05, 4.69) is 5.32 Å². The lowest BCUT2D eigenvalue weighted by Gasteiger charge is -2.20. The van der Waals surface area contributed by atoms with Crippen LogP contribution in [0.1, 0.15) is 51.3 Å². The highest BCUT2D eigenvalue weighted by Gasteiger charge is 2.38. The largest absolute Gasteiger partial charge is 0.497 e. The molecule has 8 nitrogen and oxygen atoms in total. The van der Waals surface area contributed by atoms with Crippen LogP contribution in [0.25, 0.3) is 0 Å². The fraction of sp³-hybridized carbons (Fsp3) is 0.273. The summed E-state index contributed by atoms with van der Waals surface area (Å²) in [6.07, 6.45) is 0.629. The molecule has 3 rings (SSSR count). The van der Waals surface area contributed by atoms with Crippen molar-refractivity contribution < 1.29 is 28.7 Å². The van der Waals surface area contributed by atoms with E-state index in [9.17, 15) is 19.2 Å². The highest BCUT2D eigenvalue weighted by molar-refractivity contribution is 6.22. The minimum atomic E-state index is -0.759. The maximum Gasteiger partial charge on any atom is 0.338 e. The second-order valence-corrected chi connectivity index (χ2v) is 6.85. The van der Waals surface area contributed by atoms with E-state index >= 15 is 0 Å². The van der Waals surface area contributed by atoms with Gasteiger partial charge in [0.05, 0.1) is 23.8 Å². The normalized spacial score (nSPS) is 13.6. The molecule has 1 heterocycles. The quantitative estimate of drug-likeness (QED) is 0.556. The topological polar surface area (TPSA) is 102 Å². The molecule has 1 N–H and O–H groups in total. The molecular weight excluding hydrogens is 388 g/mol. The number of methoxy groups -OCH3 is 1. The van der Waals surface area contributed by atoms with Gasteiger partial charge in [-0.15, -0.1) is 0 Å². The van der Waals surface area contributed by atoms with Crippen molar-refractivity contribution in [2.45, 2.75) is 26.3 Å². The van der Waals surface area contributed by atoms with Gasteiger partial charge in [-0.05, 0) is 55.8 Å². The first-order valence-corrected chi connectivity index (χ1v) is 9.48. The second kappa shape index (κ2) is 8.77. The summed E-state index contributed by atoms with van der Waals surface area (Å²) in [4.78, 5) is 50.5. The lowest BCUT2D eigenvalue weighted by atomic mass is 10.1. The first kappa shape index (κ1) is 21.0. The molecule has 3 amide bonds. The number of imide groups is 1. The number of benzene rings is 2. The number of hydrogen-bond donors (Lipinski definition) is 1. The van der Waals surface area contributed by atoms with Crippen LogP contribution in [0.2, 0.25) is 0 Å². The van der Waals surface area contributed by atoms with Gasteiger partial charge >= 0.3 is 5.97 Å². The maximum absolute atomic E-state index is 12.6. The Morgan fingerprint density at radius 1 is 1.03 bits per heavy atom.